The molecule has 552 valence electrons. The summed E-state index contributed by atoms with van der Waals surface area (Å²) in [6.07, 6.45) is 52.7. The van der Waals surface area contributed by atoms with Crippen LogP contribution in [-0.4, -0.2) is 96.7 Å². The second-order valence-electron chi connectivity index (χ2n) is 27.6. The molecule has 0 saturated heterocycles. The van der Waals surface area contributed by atoms with Gasteiger partial charge in [-0.15, -0.1) is 0 Å². The molecule has 0 aliphatic carbocycles. The van der Waals surface area contributed by atoms with Crippen LogP contribution in [0.2, 0.25) is 0 Å². The normalized spacial score (nSPS) is 14.1. The molecule has 0 spiro atoms. The number of carbonyl (C=O) groups excluding carboxylic acids is 4. The molecular formula is C74H144O17P2. The van der Waals surface area contributed by atoms with Crippen LogP contribution in [-0.2, 0) is 65.4 Å². The molecule has 0 saturated carbocycles. The summed E-state index contributed by atoms with van der Waals surface area (Å²) in [7, 11) is -9.91. The predicted octanol–water partition coefficient (Wildman–Crippen LogP) is 21.6. The van der Waals surface area contributed by atoms with Crippen LogP contribution in [0, 0.1) is 11.8 Å². The molecule has 0 aromatic heterocycles. The zero-order valence-corrected chi connectivity index (χ0v) is 62.3. The number of unbranched alkanes of at least 4 members (excludes halogenated alkanes) is 43. The van der Waals surface area contributed by atoms with Gasteiger partial charge in [0.2, 0.25) is 0 Å². The number of ether oxygens (including phenoxy) is 4. The molecule has 17 nitrogen and oxygen atoms in total. The fourth-order valence-electron chi connectivity index (χ4n) is 11.3. The molecule has 93 heavy (non-hydrogen) atoms. The summed E-state index contributed by atoms with van der Waals surface area (Å²) in [5.74, 6) is -0.654. The standard InChI is InChI=1S/C74H144O17P2/c1-7-9-11-13-15-17-19-21-22-23-24-26-28-34-40-47-53-59-74(79)90-69(62-84-71(76)56-50-44-38-32-30-29-31-36-42-48-54-66(3)4)64-88-92(80,81)86-60-68(75)61-87-93(82,83)89-65-70(63-85-72(77)57-51-45-41-35-37-43-49-55-67(5)6)91-73(78)58-52-46-39-33-27-25-20-18-16-14-12-10-8-2/h66-70,75H,7-65H2,1-6H3,(H,80,81)(H,82,83)/t68-,69-,70-/m1/s1. The number of carbonyl (C=O) groups is 4. The van der Waals surface area contributed by atoms with Crippen LogP contribution in [0.5, 0.6) is 0 Å². The molecule has 0 bridgehead atoms. The zero-order valence-electron chi connectivity index (χ0n) is 60.6. The van der Waals surface area contributed by atoms with Crippen molar-refractivity contribution < 1.29 is 80.2 Å². The third kappa shape index (κ3) is 68.4. The van der Waals surface area contributed by atoms with Crippen LogP contribution >= 0.6 is 15.6 Å². The van der Waals surface area contributed by atoms with Crippen molar-refractivity contribution in [2.24, 2.45) is 11.8 Å². The highest BCUT2D eigenvalue weighted by Gasteiger charge is 2.30. The van der Waals surface area contributed by atoms with Crippen LogP contribution in [0.25, 0.3) is 0 Å². The Morgan fingerprint density at radius 3 is 0.731 bits per heavy atom. The van der Waals surface area contributed by atoms with Gasteiger partial charge in [0.1, 0.15) is 19.3 Å². The number of aliphatic hydroxyl groups is 1. The largest absolute Gasteiger partial charge is 0.472 e. The van der Waals surface area contributed by atoms with Gasteiger partial charge in [0.15, 0.2) is 12.2 Å². The van der Waals surface area contributed by atoms with Gasteiger partial charge in [0.25, 0.3) is 0 Å². The summed E-state index contributed by atoms with van der Waals surface area (Å²) in [6, 6.07) is 0. The molecule has 19 heteroatoms. The lowest BCUT2D eigenvalue weighted by Gasteiger charge is -2.21. The Labute approximate surface area is 568 Å². The first-order chi connectivity index (χ1) is 44.9. The Balaban J connectivity index is 5.24. The van der Waals surface area contributed by atoms with Crippen molar-refractivity contribution in [2.75, 3.05) is 39.6 Å². The van der Waals surface area contributed by atoms with E-state index >= 15 is 0 Å². The highest BCUT2D eigenvalue weighted by molar-refractivity contribution is 7.47. The summed E-state index contributed by atoms with van der Waals surface area (Å²) in [5.41, 5.74) is 0. The van der Waals surface area contributed by atoms with Gasteiger partial charge in [0, 0.05) is 25.7 Å². The Morgan fingerprint density at radius 2 is 0.495 bits per heavy atom. The first-order valence-electron chi connectivity index (χ1n) is 38.5. The fraction of sp³-hybridized carbons (Fsp3) is 0.946. The van der Waals surface area contributed by atoms with Crippen LogP contribution in [0.3, 0.4) is 0 Å². The fourth-order valence-corrected chi connectivity index (χ4v) is 12.9. The maximum Gasteiger partial charge on any atom is 0.472 e. The van der Waals surface area contributed by atoms with E-state index in [4.69, 9.17) is 37.0 Å². The van der Waals surface area contributed by atoms with E-state index < -0.39 is 97.5 Å². The first-order valence-corrected chi connectivity index (χ1v) is 41.5. The average molecular weight is 1370 g/mol. The molecule has 5 atom stereocenters. The van der Waals surface area contributed by atoms with E-state index in [1.165, 1.54) is 193 Å². The van der Waals surface area contributed by atoms with Crippen molar-refractivity contribution in [1.82, 2.24) is 0 Å². The van der Waals surface area contributed by atoms with Crippen LogP contribution in [0.1, 0.15) is 382 Å². The molecule has 0 aliphatic rings. The van der Waals surface area contributed by atoms with Crippen molar-refractivity contribution >= 4 is 39.5 Å². The molecule has 0 aliphatic heterocycles. The van der Waals surface area contributed by atoms with Gasteiger partial charge in [-0.2, -0.15) is 0 Å². The number of aliphatic hydroxyl groups excluding tert-OH is 1. The Hall–Kier alpha value is -1.94. The van der Waals surface area contributed by atoms with E-state index in [-0.39, 0.29) is 25.7 Å². The minimum atomic E-state index is -4.96. The second-order valence-corrected chi connectivity index (χ2v) is 30.5. The molecule has 2 unspecified atom stereocenters. The van der Waals surface area contributed by atoms with Crippen LogP contribution in [0.4, 0.5) is 0 Å². The number of phosphoric ester groups is 2. The summed E-state index contributed by atoms with van der Waals surface area (Å²) >= 11 is 0. The number of esters is 4. The minimum absolute atomic E-state index is 0.107. The molecule has 0 radical (unpaired) electrons. The maximum absolute atomic E-state index is 13.1. The van der Waals surface area contributed by atoms with Crippen molar-refractivity contribution in [1.29, 1.82) is 0 Å². The summed E-state index contributed by atoms with van der Waals surface area (Å²) in [5, 5.41) is 10.6. The minimum Gasteiger partial charge on any atom is -0.462 e. The topological polar surface area (TPSA) is 237 Å². The van der Waals surface area contributed by atoms with Gasteiger partial charge in [-0.25, -0.2) is 9.13 Å². The Bertz CT molecular complexity index is 1800. The molecule has 0 aromatic carbocycles. The Morgan fingerprint density at radius 1 is 0.290 bits per heavy atom. The lowest BCUT2D eigenvalue weighted by Crippen LogP contribution is -2.30. The Kier molecular flexibility index (Phi) is 64.6. The lowest BCUT2D eigenvalue weighted by atomic mass is 10.0. The van der Waals surface area contributed by atoms with Gasteiger partial charge in [-0.3, -0.25) is 37.3 Å². The van der Waals surface area contributed by atoms with Gasteiger partial charge in [-0.1, -0.05) is 330 Å². The quantitative estimate of drug-likeness (QED) is 0.0222. The second kappa shape index (κ2) is 66.0. The van der Waals surface area contributed by atoms with E-state index in [2.05, 4.69) is 41.5 Å². The van der Waals surface area contributed by atoms with Crippen LogP contribution in [0.15, 0.2) is 0 Å². The van der Waals surface area contributed by atoms with Crippen molar-refractivity contribution in [3.8, 4) is 0 Å². The SMILES string of the molecule is CCCCCCCCCCCCCCCCCCCC(=O)O[C@H](COC(=O)CCCCCCCCCCCCC(C)C)COP(=O)(O)OC[C@@H](O)COP(=O)(O)OC[C@@H](COC(=O)CCCCCCCCCC(C)C)OC(=O)CCCCCCCCCCCCCCC. The number of hydrogen-bond donors (Lipinski definition) is 3. The molecule has 3 N–H and O–H groups in total. The number of rotatable bonds is 73. The summed E-state index contributed by atoms with van der Waals surface area (Å²) in [6.45, 7) is 9.53. The first kappa shape index (κ1) is 91.1. The highest BCUT2D eigenvalue weighted by Crippen LogP contribution is 2.45. The smallest absolute Gasteiger partial charge is 0.462 e. The van der Waals surface area contributed by atoms with Gasteiger partial charge < -0.3 is 33.8 Å². The summed E-state index contributed by atoms with van der Waals surface area (Å²) < 4.78 is 68.4. The van der Waals surface area contributed by atoms with Gasteiger partial charge in [0.05, 0.1) is 26.4 Å². The lowest BCUT2D eigenvalue weighted by molar-refractivity contribution is -0.161. The predicted molar refractivity (Wildman–Crippen MR) is 377 cm³/mol. The number of hydrogen-bond acceptors (Lipinski definition) is 15. The maximum atomic E-state index is 13.1. The van der Waals surface area contributed by atoms with E-state index in [0.717, 1.165) is 102 Å². The van der Waals surface area contributed by atoms with Gasteiger partial charge in [-0.05, 0) is 37.5 Å². The zero-order chi connectivity index (χ0) is 68.6. The van der Waals surface area contributed by atoms with E-state index in [0.29, 0.717) is 31.6 Å². The van der Waals surface area contributed by atoms with Crippen molar-refractivity contribution in [3.05, 3.63) is 0 Å². The highest BCUT2D eigenvalue weighted by atomic mass is 31.2. The van der Waals surface area contributed by atoms with Crippen LogP contribution < -0.4 is 0 Å². The van der Waals surface area contributed by atoms with E-state index in [1.807, 2.05) is 0 Å². The summed E-state index contributed by atoms with van der Waals surface area (Å²) in [4.78, 5) is 72.7. The molecule has 0 aromatic rings. The monoisotopic (exact) mass is 1370 g/mol. The molecule has 0 amide bonds. The third-order valence-corrected chi connectivity index (χ3v) is 19.1. The molecule has 0 rings (SSSR count). The van der Waals surface area contributed by atoms with Gasteiger partial charge >= 0.3 is 39.5 Å². The third-order valence-electron chi connectivity index (χ3n) is 17.2. The van der Waals surface area contributed by atoms with Crippen molar-refractivity contribution in [3.63, 3.8) is 0 Å². The average Bonchev–Trinajstić information content (AvgIpc) is 2.13. The van der Waals surface area contributed by atoms with E-state index in [1.54, 1.807) is 0 Å². The molecular weight excluding hydrogens is 1220 g/mol. The molecule has 0 heterocycles. The van der Waals surface area contributed by atoms with Crippen molar-refractivity contribution in [2.45, 2.75) is 400 Å². The van der Waals surface area contributed by atoms with E-state index in [9.17, 15) is 43.2 Å². The molecule has 0 fully saturated rings. The number of phosphoric acid groups is 2.